The average Bonchev–Trinajstić information content (AvgIpc) is 2.28. The molecule has 0 bridgehead atoms. The Morgan fingerprint density at radius 2 is 2.30 bits per heavy atom. The molecular weight excluding hydrogens is 134 g/mol. The van der Waals surface area contributed by atoms with Crippen molar-refractivity contribution in [2.24, 2.45) is 10.1 Å². The van der Waals surface area contributed by atoms with E-state index in [1.165, 1.54) is 12.4 Å². The van der Waals surface area contributed by atoms with E-state index in [1.54, 1.807) is 0 Å². The van der Waals surface area contributed by atoms with Gasteiger partial charge in [0.1, 0.15) is 0 Å². The number of aliphatic imine (C=N–C) groups is 1. The third-order valence-corrected chi connectivity index (χ3v) is 0.980. The molecule has 0 aromatic carbocycles. The summed E-state index contributed by atoms with van der Waals surface area (Å²) >= 11 is 0. The number of hydrogen-bond donors (Lipinski definition) is 1. The molecule has 1 aromatic heterocycles. The zero-order valence-electron chi connectivity index (χ0n) is 4.85. The first-order valence-corrected chi connectivity index (χ1v) is 2.61. The molecule has 0 fully saturated rings. The molecule has 50 valence electrons. The maximum Gasteiger partial charge on any atom is 0.242 e. The van der Waals surface area contributed by atoms with Crippen molar-refractivity contribution >= 4 is 24.1 Å². The second-order valence-electron chi connectivity index (χ2n) is 1.60. The lowest BCUT2D eigenvalue weighted by Crippen LogP contribution is -1.86. The number of anilines is 1. The largest absolute Gasteiger partial charge is 0.255 e. The van der Waals surface area contributed by atoms with Crippen molar-refractivity contribution in [2.75, 3.05) is 5.43 Å². The molecule has 0 spiro atoms. The van der Waals surface area contributed by atoms with Crippen LogP contribution in [0, 0.1) is 0 Å². The predicted molar refractivity (Wildman–Crippen MR) is 34.6 cm³/mol. The molecule has 1 aromatic rings. The number of hydrogen-bond acceptors (Lipinski definition) is 6. The summed E-state index contributed by atoms with van der Waals surface area (Å²) < 4.78 is 4.37. The van der Waals surface area contributed by atoms with Crippen molar-refractivity contribution < 1.29 is 4.63 Å². The SMILES string of the molecule is C1=NNc2nonc2N=C1. The summed E-state index contributed by atoms with van der Waals surface area (Å²) in [6.45, 7) is 0. The average molecular weight is 137 g/mol. The van der Waals surface area contributed by atoms with E-state index in [0.717, 1.165) is 0 Å². The van der Waals surface area contributed by atoms with E-state index in [9.17, 15) is 0 Å². The normalized spacial score (nSPS) is 14.0. The van der Waals surface area contributed by atoms with Gasteiger partial charge in [0.05, 0.1) is 6.21 Å². The van der Waals surface area contributed by atoms with E-state index in [2.05, 4.69) is 30.5 Å². The molecule has 6 heteroatoms. The summed E-state index contributed by atoms with van der Waals surface area (Å²) in [5.41, 5.74) is 2.58. The smallest absolute Gasteiger partial charge is 0.242 e. The highest BCUT2D eigenvalue weighted by molar-refractivity contribution is 6.17. The maximum atomic E-state index is 4.37. The van der Waals surface area contributed by atoms with Crippen LogP contribution in [0.5, 0.6) is 0 Å². The van der Waals surface area contributed by atoms with E-state index in [0.29, 0.717) is 11.6 Å². The first kappa shape index (κ1) is 5.10. The van der Waals surface area contributed by atoms with Crippen LogP contribution in [-0.4, -0.2) is 22.7 Å². The van der Waals surface area contributed by atoms with Crippen molar-refractivity contribution in [1.29, 1.82) is 0 Å². The van der Waals surface area contributed by atoms with Crippen molar-refractivity contribution in [3.63, 3.8) is 0 Å². The Kier molecular flexibility index (Phi) is 0.970. The minimum Gasteiger partial charge on any atom is -0.255 e. The van der Waals surface area contributed by atoms with Gasteiger partial charge in [-0.3, -0.25) is 5.43 Å². The first-order valence-electron chi connectivity index (χ1n) is 2.61. The van der Waals surface area contributed by atoms with E-state index < -0.39 is 0 Å². The lowest BCUT2D eigenvalue weighted by molar-refractivity contribution is 0.310. The van der Waals surface area contributed by atoms with Gasteiger partial charge in [-0.25, -0.2) is 9.62 Å². The number of nitrogens with one attached hydrogen (secondary N) is 1. The van der Waals surface area contributed by atoms with Gasteiger partial charge in [0.2, 0.25) is 11.6 Å². The quantitative estimate of drug-likeness (QED) is 0.553. The van der Waals surface area contributed by atoms with Crippen LogP contribution in [0.2, 0.25) is 0 Å². The van der Waals surface area contributed by atoms with Crippen molar-refractivity contribution in [1.82, 2.24) is 10.3 Å². The van der Waals surface area contributed by atoms with E-state index in [4.69, 9.17) is 0 Å². The Hall–Kier alpha value is -1.72. The molecule has 1 aliphatic heterocycles. The van der Waals surface area contributed by atoms with Crippen molar-refractivity contribution in [2.45, 2.75) is 0 Å². The highest BCUT2D eigenvalue weighted by Crippen LogP contribution is 2.18. The second kappa shape index (κ2) is 1.90. The molecule has 1 N–H and O–H groups in total. The summed E-state index contributed by atoms with van der Waals surface area (Å²) in [5, 5.41) is 10.7. The zero-order valence-corrected chi connectivity index (χ0v) is 4.85. The van der Waals surface area contributed by atoms with Gasteiger partial charge in [-0.15, -0.1) is 0 Å². The van der Waals surface area contributed by atoms with Gasteiger partial charge in [0, 0.05) is 6.21 Å². The maximum absolute atomic E-state index is 4.37. The third kappa shape index (κ3) is 0.661. The van der Waals surface area contributed by atoms with Crippen LogP contribution >= 0.6 is 0 Å². The monoisotopic (exact) mass is 137 g/mol. The lowest BCUT2D eigenvalue weighted by atomic mass is 10.7. The van der Waals surface area contributed by atoms with E-state index in [-0.39, 0.29) is 0 Å². The number of hydrazone groups is 1. The number of nitrogens with zero attached hydrogens (tertiary/aromatic N) is 4. The van der Waals surface area contributed by atoms with Crippen LogP contribution in [0.3, 0.4) is 0 Å². The Labute approximate surface area is 55.6 Å². The molecule has 0 unspecified atom stereocenters. The Balaban J connectivity index is 2.50. The lowest BCUT2D eigenvalue weighted by Gasteiger charge is -1.85. The molecule has 0 saturated heterocycles. The van der Waals surface area contributed by atoms with E-state index in [1.807, 2.05) is 0 Å². The molecule has 0 radical (unpaired) electrons. The van der Waals surface area contributed by atoms with E-state index >= 15 is 0 Å². The summed E-state index contributed by atoms with van der Waals surface area (Å²) in [5.74, 6) is 0.850. The number of rotatable bonds is 0. The van der Waals surface area contributed by atoms with Crippen LogP contribution < -0.4 is 5.43 Å². The van der Waals surface area contributed by atoms with Crippen LogP contribution in [0.4, 0.5) is 11.6 Å². The van der Waals surface area contributed by atoms with Crippen molar-refractivity contribution in [3.05, 3.63) is 0 Å². The summed E-state index contributed by atoms with van der Waals surface area (Å²) in [6.07, 6.45) is 3.01. The summed E-state index contributed by atoms with van der Waals surface area (Å²) in [6, 6.07) is 0. The molecule has 1 aliphatic rings. The second-order valence-corrected chi connectivity index (χ2v) is 1.60. The third-order valence-electron chi connectivity index (χ3n) is 0.980. The number of aromatic nitrogens is 2. The van der Waals surface area contributed by atoms with Gasteiger partial charge < -0.3 is 0 Å². The topological polar surface area (TPSA) is 75.7 Å². The fraction of sp³-hybridized carbons (Fsp3) is 0. The molecule has 0 aliphatic carbocycles. The molecule has 2 heterocycles. The Morgan fingerprint density at radius 1 is 1.30 bits per heavy atom. The van der Waals surface area contributed by atoms with Crippen molar-refractivity contribution in [3.8, 4) is 0 Å². The zero-order chi connectivity index (χ0) is 6.81. The summed E-state index contributed by atoms with van der Waals surface area (Å²) in [7, 11) is 0. The molecule has 0 atom stereocenters. The van der Waals surface area contributed by atoms with Gasteiger partial charge in [-0.1, -0.05) is 0 Å². The van der Waals surface area contributed by atoms with Crippen LogP contribution in [-0.2, 0) is 0 Å². The minimum atomic E-state index is 0.414. The van der Waals surface area contributed by atoms with Gasteiger partial charge in [0.25, 0.3) is 0 Å². The van der Waals surface area contributed by atoms with Crippen LogP contribution in [0.25, 0.3) is 0 Å². The molecule has 10 heavy (non-hydrogen) atoms. The van der Waals surface area contributed by atoms with Crippen LogP contribution in [0.15, 0.2) is 14.7 Å². The van der Waals surface area contributed by atoms with Crippen LogP contribution in [0.1, 0.15) is 0 Å². The fourth-order valence-corrected chi connectivity index (χ4v) is 0.575. The standard InChI is InChI=1S/C4H3N5O/c1-2-6-7-4-3(5-1)8-10-9-4/h1-2H,(H,7,9). The molecule has 0 amide bonds. The molecule has 6 nitrogen and oxygen atoms in total. The number of fused-ring (bicyclic) bond motifs is 1. The Bertz CT molecular complexity index is 288. The molecule has 2 rings (SSSR count). The summed E-state index contributed by atoms with van der Waals surface area (Å²) in [4.78, 5) is 3.84. The van der Waals surface area contributed by atoms with Gasteiger partial charge in [0.15, 0.2) is 0 Å². The van der Waals surface area contributed by atoms with Gasteiger partial charge >= 0.3 is 0 Å². The van der Waals surface area contributed by atoms with Gasteiger partial charge in [-0.2, -0.15) is 5.10 Å². The highest BCUT2D eigenvalue weighted by atomic mass is 16.6. The fourth-order valence-electron chi connectivity index (χ4n) is 0.575. The predicted octanol–water partition coefficient (Wildman–Crippen LogP) is 0.183. The Morgan fingerprint density at radius 3 is 3.30 bits per heavy atom. The molecular formula is C4H3N5O. The first-order chi connectivity index (χ1) is 4.97. The molecule has 0 saturated carbocycles. The highest BCUT2D eigenvalue weighted by Gasteiger charge is 2.07. The van der Waals surface area contributed by atoms with Gasteiger partial charge in [-0.05, 0) is 10.3 Å². The minimum absolute atomic E-state index is 0.414.